The predicted octanol–water partition coefficient (Wildman–Crippen LogP) is 1.86. The predicted molar refractivity (Wildman–Crippen MR) is 69.7 cm³/mol. The molecule has 5 nitrogen and oxygen atoms in total. The Bertz CT molecular complexity index is 525. The first-order valence-corrected chi connectivity index (χ1v) is 6.18. The number of rotatable bonds is 4. The lowest BCUT2D eigenvalue weighted by atomic mass is 10.3. The fourth-order valence-corrected chi connectivity index (χ4v) is 2.12. The summed E-state index contributed by atoms with van der Waals surface area (Å²) in [6.07, 6.45) is 1.76. The fraction of sp³-hybridized carbons (Fsp3) is 0.455. The molecule has 0 aliphatic carbocycles. The summed E-state index contributed by atoms with van der Waals surface area (Å²) in [6, 6.07) is 2.10. The van der Waals surface area contributed by atoms with Crippen LogP contribution in [0.5, 0.6) is 0 Å². The van der Waals surface area contributed by atoms with Gasteiger partial charge in [-0.1, -0.05) is 0 Å². The number of hydrogen-bond donors (Lipinski definition) is 1. The Hall–Kier alpha value is -0.980. The molecule has 17 heavy (non-hydrogen) atoms. The van der Waals surface area contributed by atoms with Crippen molar-refractivity contribution in [3.63, 3.8) is 0 Å². The number of hydrogen-bond acceptors (Lipinski definition) is 4. The molecule has 0 saturated heterocycles. The first kappa shape index (κ1) is 12.5. The molecule has 0 radical (unpaired) electrons. The van der Waals surface area contributed by atoms with Crippen molar-refractivity contribution >= 4 is 27.1 Å². The monoisotopic (exact) mass is 298 g/mol. The van der Waals surface area contributed by atoms with Crippen LogP contribution in [0.15, 0.2) is 16.7 Å². The van der Waals surface area contributed by atoms with Gasteiger partial charge in [-0.3, -0.25) is 0 Å². The number of ether oxygens (including phenoxy) is 1. The quantitative estimate of drug-likeness (QED) is 0.936. The van der Waals surface area contributed by atoms with Gasteiger partial charge in [-0.2, -0.15) is 0 Å². The van der Waals surface area contributed by atoms with Gasteiger partial charge in [0, 0.05) is 30.4 Å². The van der Waals surface area contributed by atoms with Crippen LogP contribution < -0.4 is 5.73 Å². The molecule has 0 saturated carbocycles. The Morgan fingerprint density at radius 3 is 3.00 bits per heavy atom. The first-order chi connectivity index (χ1) is 8.17. The molecular formula is C11H15BrN4O. The maximum atomic E-state index is 5.72. The van der Waals surface area contributed by atoms with Gasteiger partial charge in [0.15, 0.2) is 5.65 Å². The van der Waals surface area contributed by atoms with E-state index in [9.17, 15) is 0 Å². The molecule has 0 amide bonds. The molecule has 0 aliphatic heterocycles. The maximum absolute atomic E-state index is 5.72. The molecule has 92 valence electrons. The topological polar surface area (TPSA) is 66.0 Å². The Kier molecular flexibility index (Phi) is 3.76. The Balaban J connectivity index is 2.62. The van der Waals surface area contributed by atoms with Gasteiger partial charge in [-0.25, -0.2) is 9.97 Å². The number of halogens is 1. The Labute approximate surface area is 108 Å². The molecule has 2 rings (SSSR count). The molecule has 2 aromatic rings. The summed E-state index contributed by atoms with van der Waals surface area (Å²) in [6.45, 7) is 3.04. The largest absolute Gasteiger partial charge is 0.377 e. The summed E-state index contributed by atoms with van der Waals surface area (Å²) in [7, 11) is 1.65. The number of nitrogens with zero attached hydrogens (tertiary/aromatic N) is 3. The van der Waals surface area contributed by atoms with Crippen molar-refractivity contribution in [1.82, 2.24) is 14.5 Å². The minimum atomic E-state index is 0.152. The van der Waals surface area contributed by atoms with E-state index in [2.05, 4.69) is 25.9 Å². The molecule has 2 aromatic heterocycles. The highest BCUT2D eigenvalue weighted by molar-refractivity contribution is 9.10. The summed E-state index contributed by atoms with van der Waals surface area (Å²) in [5.74, 6) is 0.853. The number of pyridine rings is 1. The standard InChI is InChI=1S/C11H15BrN4O/c1-7(4-13)16-10(6-17-2)15-9-3-8(12)5-14-11(9)16/h3,5,7H,4,6,13H2,1-2H3. The normalized spacial score (nSPS) is 13.2. The average Bonchev–Trinajstić information content (AvgIpc) is 2.65. The molecule has 1 atom stereocenters. The van der Waals surface area contributed by atoms with Gasteiger partial charge in [-0.05, 0) is 28.9 Å². The van der Waals surface area contributed by atoms with Gasteiger partial charge in [0.05, 0.1) is 0 Å². The summed E-state index contributed by atoms with van der Waals surface area (Å²) in [5.41, 5.74) is 7.42. The highest BCUT2D eigenvalue weighted by Crippen LogP contribution is 2.22. The lowest BCUT2D eigenvalue weighted by Gasteiger charge is -2.14. The van der Waals surface area contributed by atoms with Crippen LogP contribution in [0.2, 0.25) is 0 Å². The van der Waals surface area contributed by atoms with Crippen molar-refractivity contribution in [3.8, 4) is 0 Å². The minimum absolute atomic E-state index is 0.152. The Morgan fingerprint density at radius 1 is 1.59 bits per heavy atom. The molecule has 0 aliphatic rings. The smallest absolute Gasteiger partial charge is 0.160 e. The SMILES string of the molecule is COCc1nc2cc(Br)cnc2n1C(C)CN. The van der Waals surface area contributed by atoms with Crippen molar-refractivity contribution in [2.45, 2.75) is 19.6 Å². The molecule has 1 unspecified atom stereocenters. The van der Waals surface area contributed by atoms with E-state index in [1.54, 1.807) is 13.3 Å². The lowest BCUT2D eigenvalue weighted by molar-refractivity contribution is 0.173. The van der Waals surface area contributed by atoms with Crippen LogP contribution >= 0.6 is 15.9 Å². The van der Waals surface area contributed by atoms with Crippen LogP contribution in [0.1, 0.15) is 18.8 Å². The molecule has 0 bridgehead atoms. The van der Waals surface area contributed by atoms with Crippen molar-refractivity contribution in [1.29, 1.82) is 0 Å². The van der Waals surface area contributed by atoms with Gasteiger partial charge in [0.2, 0.25) is 0 Å². The number of fused-ring (bicyclic) bond motifs is 1. The van der Waals surface area contributed by atoms with E-state index in [4.69, 9.17) is 10.5 Å². The number of imidazole rings is 1. The average molecular weight is 299 g/mol. The van der Waals surface area contributed by atoms with E-state index in [1.807, 2.05) is 17.6 Å². The Morgan fingerprint density at radius 2 is 2.35 bits per heavy atom. The van der Waals surface area contributed by atoms with E-state index < -0.39 is 0 Å². The molecule has 0 aromatic carbocycles. The van der Waals surface area contributed by atoms with E-state index >= 15 is 0 Å². The third-order valence-corrected chi connectivity index (χ3v) is 3.06. The summed E-state index contributed by atoms with van der Waals surface area (Å²) < 4.78 is 8.11. The zero-order valence-electron chi connectivity index (χ0n) is 9.85. The summed E-state index contributed by atoms with van der Waals surface area (Å²) >= 11 is 3.39. The van der Waals surface area contributed by atoms with Crippen LogP contribution in [0.25, 0.3) is 11.2 Å². The molecule has 0 spiro atoms. The van der Waals surface area contributed by atoms with E-state index in [0.717, 1.165) is 21.5 Å². The number of methoxy groups -OCH3 is 1. The fourth-order valence-electron chi connectivity index (χ4n) is 1.80. The second-order valence-corrected chi connectivity index (χ2v) is 4.83. The minimum Gasteiger partial charge on any atom is -0.377 e. The number of aromatic nitrogens is 3. The third-order valence-electron chi connectivity index (χ3n) is 2.62. The lowest BCUT2D eigenvalue weighted by Crippen LogP contribution is -2.18. The molecule has 2 N–H and O–H groups in total. The van der Waals surface area contributed by atoms with Gasteiger partial charge < -0.3 is 15.0 Å². The summed E-state index contributed by atoms with van der Waals surface area (Å²) in [5, 5.41) is 0. The van der Waals surface area contributed by atoms with Gasteiger partial charge in [0.25, 0.3) is 0 Å². The number of nitrogens with two attached hydrogens (primary N) is 1. The second-order valence-electron chi connectivity index (χ2n) is 3.91. The van der Waals surface area contributed by atoms with Crippen LogP contribution in [0, 0.1) is 0 Å². The highest BCUT2D eigenvalue weighted by Gasteiger charge is 2.15. The van der Waals surface area contributed by atoms with E-state index in [0.29, 0.717) is 13.2 Å². The van der Waals surface area contributed by atoms with Crippen molar-refractivity contribution in [2.75, 3.05) is 13.7 Å². The van der Waals surface area contributed by atoms with Crippen molar-refractivity contribution in [2.24, 2.45) is 5.73 Å². The van der Waals surface area contributed by atoms with Crippen molar-refractivity contribution < 1.29 is 4.74 Å². The maximum Gasteiger partial charge on any atom is 0.160 e. The van der Waals surface area contributed by atoms with Crippen LogP contribution in [0.3, 0.4) is 0 Å². The van der Waals surface area contributed by atoms with E-state index in [1.165, 1.54) is 0 Å². The van der Waals surface area contributed by atoms with Crippen molar-refractivity contribution in [3.05, 3.63) is 22.6 Å². The molecule has 6 heteroatoms. The zero-order chi connectivity index (χ0) is 12.4. The van der Waals surface area contributed by atoms with Crippen LogP contribution in [-0.2, 0) is 11.3 Å². The highest BCUT2D eigenvalue weighted by atomic mass is 79.9. The van der Waals surface area contributed by atoms with E-state index in [-0.39, 0.29) is 6.04 Å². The second kappa shape index (κ2) is 5.12. The van der Waals surface area contributed by atoms with Gasteiger partial charge >= 0.3 is 0 Å². The van der Waals surface area contributed by atoms with Gasteiger partial charge in [-0.15, -0.1) is 0 Å². The first-order valence-electron chi connectivity index (χ1n) is 5.38. The summed E-state index contributed by atoms with van der Waals surface area (Å²) in [4.78, 5) is 8.92. The molecule has 0 fully saturated rings. The van der Waals surface area contributed by atoms with Gasteiger partial charge in [0.1, 0.15) is 17.9 Å². The molecule has 2 heterocycles. The third kappa shape index (κ3) is 2.34. The van der Waals surface area contributed by atoms with Crippen LogP contribution in [-0.4, -0.2) is 28.2 Å². The zero-order valence-corrected chi connectivity index (χ0v) is 11.4. The molecular weight excluding hydrogens is 284 g/mol. The van der Waals surface area contributed by atoms with Crippen LogP contribution in [0.4, 0.5) is 0 Å².